The van der Waals surface area contributed by atoms with Crippen molar-refractivity contribution in [1.29, 1.82) is 0 Å². The van der Waals surface area contributed by atoms with Gasteiger partial charge >= 0.3 is 0 Å². The molecule has 2 fully saturated rings. The van der Waals surface area contributed by atoms with Crippen LogP contribution in [0.15, 0.2) is 0 Å². The molecule has 2 heteroatoms. The molecule has 61 valence electrons. The Hall–Kier alpha value is 1.06. The molecule has 1 aliphatic heterocycles. The van der Waals surface area contributed by atoms with Crippen LogP contribution >= 0.6 is 0 Å². The maximum absolute atomic E-state index is 2.67. The molecule has 0 amide bonds. The summed E-state index contributed by atoms with van der Waals surface area (Å²) in [6.45, 7) is 2.68. The van der Waals surface area contributed by atoms with Crippen molar-refractivity contribution in [2.24, 2.45) is 0 Å². The van der Waals surface area contributed by atoms with Crippen LogP contribution in [0.3, 0.4) is 0 Å². The molecular formula is C9H16NY-. The monoisotopic (exact) mass is 227 g/mol. The summed E-state index contributed by atoms with van der Waals surface area (Å²) in [5.41, 5.74) is 0. The smallest absolute Gasteiger partial charge is 0.00931 e. The van der Waals surface area contributed by atoms with Crippen LogP contribution in [-0.2, 0) is 32.7 Å². The molecule has 1 saturated heterocycles. The maximum atomic E-state index is 2.67. The normalized spacial score (nSPS) is 27.3. The van der Waals surface area contributed by atoms with E-state index in [2.05, 4.69) is 11.3 Å². The van der Waals surface area contributed by atoms with E-state index in [0.717, 1.165) is 6.04 Å². The molecule has 1 radical (unpaired) electrons. The van der Waals surface area contributed by atoms with E-state index in [4.69, 9.17) is 0 Å². The Kier molecular flexibility index (Phi) is 4.56. The fraction of sp³-hybridized carbons (Fsp3) is 0.889. The summed E-state index contributed by atoms with van der Waals surface area (Å²) in [5.74, 6) is 0. The Morgan fingerprint density at radius 1 is 1.09 bits per heavy atom. The van der Waals surface area contributed by atoms with Gasteiger partial charge in [0.2, 0.25) is 0 Å². The van der Waals surface area contributed by atoms with Gasteiger partial charge in [-0.1, -0.05) is 6.42 Å². The molecule has 0 aromatic rings. The minimum absolute atomic E-state index is 0. The van der Waals surface area contributed by atoms with Crippen LogP contribution in [0.5, 0.6) is 0 Å². The third-order valence-electron chi connectivity index (χ3n) is 2.83. The van der Waals surface area contributed by atoms with E-state index in [0.29, 0.717) is 0 Å². The minimum Gasteiger partial charge on any atom is -0.326 e. The zero-order valence-electron chi connectivity index (χ0n) is 7.13. The second-order valence-electron chi connectivity index (χ2n) is 3.49. The van der Waals surface area contributed by atoms with E-state index < -0.39 is 0 Å². The molecule has 0 N–H and O–H groups in total. The standard InChI is InChI=1S/C9H16N.Y/c1-2-7-10(8-3-1)9-5-4-6-9;/h1,9H,2-8H2;/q-1;. The molecule has 11 heavy (non-hydrogen) atoms. The predicted molar refractivity (Wildman–Crippen MR) is 42.7 cm³/mol. The van der Waals surface area contributed by atoms with Gasteiger partial charge < -0.3 is 11.3 Å². The number of hydrogen-bond acceptors (Lipinski definition) is 1. The van der Waals surface area contributed by atoms with Gasteiger partial charge in [-0.2, -0.15) is 12.8 Å². The molecular weight excluding hydrogens is 211 g/mol. The van der Waals surface area contributed by atoms with Crippen LogP contribution < -0.4 is 0 Å². The fourth-order valence-electron chi connectivity index (χ4n) is 1.89. The molecule has 1 saturated carbocycles. The first-order chi connectivity index (χ1) is 4.97. The molecule has 0 unspecified atom stereocenters. The summed E-state index contributed by atoms with van der Waals surface area (Å²) in [7, 11) is 0. The molecule has 1 heterocycles. The zero-order valence-corrected chi connectivity index (χ0v) is 9.97. The quantitative estimate of drug-likeness (QED) is 0.618. The fourth-order valence-corrected chi connectivity index (χ4v) is 1.89. The van der Waals surface area contributed by atoms with E-state index in [1.165, 1.54) is 45.2 Å². The summed E-state index contributed by atoms with van der Waals surface area (Å²) in [4.78, 5) is 2.67. The Morgan fingerprint density at radius 3 is 2.18 bits per heavy atom. The van der Waals surface area contributed by atoms with Crippen LogP contribution in [0.4, 0.5) is 0 Å². The molecule has 0 aromatic carbocycles. The summed E-state index contributed by atoms with van der Waals surface area (Å²) in [5, 5.41) is 0. The molecule has 1 aliphatic carbocycles. The van der Waals surface area contributed by atoms with Crippen molar-refractivity contribution in [1.82, 2.24) is 4.90 Å². The van der Waals surface area contributed by atoms with Gasteiger partial charge in [-0.25, -0.2) is 0 Å². The van der Waals surface area contributed by atoms with E-state index in [1.807, 2.05) is 0 Å². The van der Waals surface area contributed by atoms with Crippen molar-refractivity contribution in [2.75, 3.05) is 13.1 Å². The van der Waals surface area contributed by atoms with Crippen molar-refractivity contribution < 1.29 is 32.7 Å². The average molecular weight is 227 g/mol. The molecule has 1 nitrogen and oxygen atoms in total. The number of likely N-dealkylation sites (tertiary alicyclic amines) is 1. The largest absolute Gasteiger partial charge is 0.326 e. The van der Waals surface area contributed by atoms with Gasteiger partial charge in [0.25, 0.3) is 0 Å². The zero-order chi connectivity index (χ0) is 6.81. The van der Waals surface area contributed by atoms with Crippen LogP contribution in [-0.4, -0.2) is 24.0 Å². The topological polar surface area (TPSA) is 3.24 Å². The minimum atomic E-state index is 0. The van der Waals surface area contributed by atoms with Crippen molar-refractivity contribution in [3.8, 4) is 0 Å². The van der Waals surface area contributed by atoms with Crippen LogP contribution in [0.2, 0.25) is 0 Å². The first-order valence-corrected chi connectivity index (χ1v) is 4.52. The van der Waals surface area contributed by atoms with E-state index >= 15 is 0 Å². The van der Waals surface area contributed by atoms with Gasteiger partial charge in [0.1, 0.15) is 0 Å². The number of rotatable bonds is 1. The first kappa shape index (κ1) is 10.1. The Morgan fingerprint density at radius 2 is 1.73 bits per heavy atom. The molecule has 0 atom stereocenters. The molecule has 0 spiro atoms. The Labute approximate surface area is 94.8 Å². The molecule has 0 aromatic heterocycles. The van der Waals surface area contributed by atoms with Crippen LogP contribution in [0.25, 0.3) is 0 Å². The summed E-state index contributed by atoms with van der Waals surface area (Å²) in [6.07, 6.45) is 9.51. The maximum Gasteiger partial charge on any atom is 0.00931 e. The van der Waals surface area contributed by atoms with Crippen molar-refractivity contribution in [3.63, 3.8) is 0 Å². The van der Waals surface area contributed by atoms with Gasteiger partial charge in [0.05, 0.1) is 0 Å². The van der Waals surface area contributed by atoms with Gasteiger partial charge in [-0.3, -0.25) is 0 Å². The Balaban J connectivity index is 0.000000605. The van der Waals surface area contributed by atoms with Crippen molar-refractivity contribution in [2.45, 2.75) is 38.1 Å². The SMILES string of the molecule is [CH-]1CCN(C2CCC2)CC1.[Y]. The summed E-state index contributed by atoms with van der Waals surface area (Å²) in [6, 6.07) is 0.980. The van der Waals surface area contributed by atoms with Gasteiger partial charge in [0, 0.05) is 38.8 Å². The van der Waals surface area contributed by atoms with Crippen LogP contribution in [0.1, 0.15) is 32.1 Å². The summed E-state index contributed by atoms with van der Waals surface area (Å²) < 4.78 is 0. The average Bonchev–Trinajstić information content (AvgIpc) is 1.86. The van der Waals surface area contributed by atoms with Crippen molar-refractivity contribution in [3.05, 3.63) is 6.42 Å². The molecule has 2 aliphatic rings. The third kappa shape index (κ3) is 2.50. The second kappa shape index (κ2) is 4.94. The van der Waals surface area contributed by atoms with E-state index in [-0.39, 0.29) is 32.7 Å². The van der Waals surface area contributed by atoms with Crippen molar-refractivity contribution >= 4 is 0 Å². The number of piperidine rings is 1. The van der Waals surface area contributed by atoms with E-state index in [1.54, 1.807) is 0 Å². The Bertz CT molecular complexity index is 106. The first-order valence-electron chi connectivity index (χ1n) is 4.52. The summed E-state index contributed by atoms with van der Waals surface area (Å²) >= 11 is 0. The molecule has 2 rings (SSSR count). The third-order valence-corrected chi connectivity index (χ3v) is 2.83. The number of hydrogen-bond donors (Lipinski definition) is 0. The second-order valence-corrected chi connectivity index (χ2v) is 3.49. The van der Waals surface area contributed by atoms with Crippen LogP contribution in [0, 0.1) is 6.42 Å². The number of nitrogens with zero attached hydrogens (tertiary/aromatic N) is 1. The molecule has 0 bridgehead atoms. The van der Waals surface area contributed by atoms with Gasteiger partial charge in [-0.15, -0.1) is 0 Å². The van der Waals surface area contributed by atoms with Gasteiger partial charge in [-0.05, 0) is 25.9 Å². The van der Waals surface area contributed by atoms with Gasteiger partial charge in [0.15, 0.2) is 0 Å². The van der Waals surface area contributed by atoms with E-state index in [9.17, 15) is 0 Å². The predicted octanol–water partition coefficient (Wildman–Crippen LogP) is 1.84.